The molecule has 2 heterocycles. The van der Waals surface area contributed by atoms with Crippen LogP contribution in [-0.4, -0.2) is 36.3 Å². The summed E-state index contributed by atoms with van der Waals surface area (Å²) in [7, 11) is 1.82. The van der Waals surface area contributed by atoms with Gasteiger partial charge in [-0.2, -0.15) is 4.98 Å². The van der Waals surface area contributed by atoms with E-state index in [4.69, 9.17) is 4.74 Å². The van der Waals surface area contributed by atoms with Crippen molar-refractivity contribution in [3.05, 3.63) is 11.8 Å². The van der Waals surface area contributed by atoms with Crippen molar-refractivity contribution in [1.82, 2.24) is 9.97 Å². The Kier molecular flexibility index (Phi) is 3.78. The fourth-order valence-electron chi connectivity index (χ4n) is 2.01. The van der Waals surface area contributed by atoms with Crippen molar-refractivity contribution < 1.29 is 4.74 Å². The summed E-state index contributed by atoms with van der Waals surface area (Å²) in [6.45, 7) is 5.92. The van der Waals surface area contributed by atoms with Gasteiger partial charge in [0, 0.05) is 37.9 Å². The Morgan fingerprint density at radius 2 is 2.35 bits per heavy atom. The van der Waals surface area contributed by atoms with Crippen LogP contribution >= 0.6 is 0 Å². The standard InChI is InChI=1S/C12H20N4O/c1-8-6-15-12(13-3)16-11(8)14-7-10-4-5-17-9(10)2/h6,9-10H,4-5,7H2,1-3H3,(H2,13,14,15,16). The molecule has 1 fully saturated rings. The van der Waals surface area contributed by atoms with Gasteiger partial charge < -0.3 is 15.4 Å². The smallest absolute Gasteiger partial charge is 0.224 e. The molecule has 0 saturated carbocycles. The molecular formula is C12H20N4O. The van der Waals surface area contributed by atoms with Crippen molar-refractivity contribution in [3.63, 3.8) is 0 Å². The number of nitrogens with zero attached hydrogens (tertiary/aromatic N) is 2. The first-order chi connectivity index (χ1) is 8.20. The maximum atomic E-state index is 5.54. The molecule has 0 spiro atoms. The maximum absolute atomic E-state index is 5.54. The van der Waals surface area contributed by atoms with E-state index in [1.54, 1.807) is 0 Å². The first-order valence-electron chi connectivity index (χ1n) is 6.07. The zero-order valence-electron chi connectivity index (χ0n) is 10.7. The molecule has 0 amide bonds. The van der Waals surface area contributed by atoms with Crippen molar-refractivity contribution in [1.29, 1.82) is 0 Å². The lowest BCUT2D eigenvalue weighted by Crippen LogP contribution is -2.21. The first kappa shape index (κ1) is 12.1. The fraction of sp³-hybridized carbons (Fsp3) is 0.667. The highest BCUT2D eigenvalue weighted by molar-refractivity contribution is 5.46. The first-order valence-corrected chi connectivity index (χ1v) is 6.07. The van der Waals surface area contributed by atoms with Crippen LogP contribution in [0, 0.1) is 12.8 Å². The van der Waals surface area contributed by atoms with E-state index in [-0.39, 0.29) is 0 Å². The molecule has 5 nitrogen and oxygen atoms in total. The minimum atomic E-state index is 0.341. The number of rotatable bonds is 4. The highest BCUT2D eigenvalue weighted by Crippen LogP contribution is 2.21. The number of aryl methyl sites for hydroxylation is 1. The molecule has 17 heavy (non-hydrogen) atoms. The summed E-state index contributed by atoms with van der Waals surface area (Å²) in [4.78, 5) is 8.57. The molecule has 0 aliphatic carbocycles. The van der Waals surface area contributed by atoms with Crippen LogP contribution in [-0.2, 0) is 4.74 Å². The van der Waals surface area contributed by atoms with Gasteiger partial charge in [0.05, 0.1) is 6.10 Å². The Morgan fingerprint density at radius 3 is 3.00 bits per heavy atom. The number of hydrogen-bond acceptors (Lipinski definition) is 5. The van der Waals surface area contributed by atoms with E-state index in [0.29, 0.717) is 18.0 Å². The Labute approximate surface area is 102 Å². The molecule has 1 aromatic heterocycles. The van der Waals surface area contributed by atoms with Crippen molar-refractivity contribution in [2.75, 3.05) is 30.8 Å². The van der Waals surface area contributed by atoms with Gasteiger partial charge in [-0.1, -0.05) is 0 Å². The molecule has 1 aliphatic heterocycles. The Hall–Kier alpha value is -1.36. The van der Waals surface area contributed by atoms with Crippen LogP contribution in [0.3, 0.4) is 0 Å². The molecular weight excluding hydrogens is 216 g/mol. The second-order valence-electron chi connectivity index (χ2n) is 4.48. The summed E-state index contributed by atoms with van der Waals surface area (Å²) in [5.41, 5.74) is 1.07. The Bertz CT molecular complexity index is 383. The lowest BCUT2D eigenvalue weighted by Gasteiger charge is -2.16. The molecule has 94 valence electrons. The van der Waals surface area contributed by atoms with Gasteiger partial charge in [-0.25, -0.2) is 4.98 Å². The van der Waals surface area contributed by atoms with E-state index in [9.17, 15) is 0 Å². The molecule has 2 atom stereocenters. The van der Waals surface area contributed by atoms with Crippen molar-refractivity contribution in [2.24, 2.45) is 5.92 Å². The van der Waals surface area contributed by atoms with Crippen molar-refractivity contribution >= 4 is 11.8 Å². The van der Waals surface area contributed by atoms with Gasteiger partial charge in [0.25, 0.3) is 0 Å². The number of nitrogens with one attached hydrogen (secondary N) is 2. The molecule has 0 aromatic carbocycles. The molecule has 0 bridgehead atoms. The minimum Gasteiger partial charge on any atom is -0.378 e. The molecule has 1 saturated heterocycles. The summed E-state index contributed by atoms with van der Waals surface area (Å²) < 4.78 is 5.54. The average Bonchev–Trinajstić information content (AvgIpc) is 2.74. The topological polar surface area (TPSA) is 59.1 Å². The average molecular weight is 236 g/mol. The summed E-state index contributed by atoms with van der Waals surface area (Å²) in [5, 5.41) is 6.33. The van der Waals surface area contributed by atoms with Crippen LogP contribution in [0.2, 0.25) is 0 Å². The van der Waals surface area contributed by atoms with E-state index < -0.39 is 0 Å². The third kappa shape index (κ3) is 2.85. The van der Waals surface area contributed by atoms with Crippen LogP contribution in [0.15, 0.2) is 6.20 Å². The molecule has 5 heteroatoms. The van der Waals surface area contributed by atoms with Gasteiger partial charge in [0.15, 0.2) is 0 Å². The Balaban J connectivity index is 1.98. The number of hydrogen-bond donors (Lipinski definition) is 2. The van der Waals surface area contributed by atoms with Gasteiger partial charge in [-0.05, 0) is 20.3 Å². The van der Waals surface area contributed by atoms with Crippen LogP contribution in [0.5, 0.6) is 0 Å². The third-order valence-electron chi connectivity index (χ3n) is 3.26. The number of anilines is 2. The van der Waals surface area contributed by atoms with Gasteiger partial charge in [-0.15, -0.1) is 0 Å². The van der Waals surface area contributed by atoms with Crippen LogP contribution in [0.4, 0.5) is 11.8 Å². The van der Waals surface area contributed by atoms with Gasteiger partial charge in [0.1, 0.15) is 5.82 Å². The molecule has 1 aliphatic rings. The molecule has 0 radical (unpaired) electrons. The largest absolute Gasteiger partial charge is 0.378 e. The predicted octanol–water partition coefficient (Wildman–Crippen LogP) is 1.66. The molecule has 2 rings (SSSR count). The number of aromatic nitrogens is 2. The minimum absolute atomic E-state index is 0.341. The van der Waals surface area contributed by atoms with E-state index in [1.165, 1.54) is 0 Å². The quantitative estimate of drug-likeness (QED) is 0.832. The summed E-state index contributed by atoms with van der Waals surface area (Å²) >= 11 is 0. The third-order valence-corrected chi connectivity index (χ3v) is 3.26. The summed E-state index contributed by atoms with van der Waals surface area (Å²) in [5.74, 6) is 2.12. The second kappa shape index (κ2) is 5.31. The lowest BCUT2D eigenvalue weighted by atomic mass is 10.0. The van der Waals surface area contributed by atoms with Crippen LogP contribution in [0.25, 0.3) is 0 Å². The van der Waals surface area contributed by atoms with Gasteiger partial charge in [-0.3, -0.25) is 0 Å². The van der Waals surface area contributed by atoms with E-state index in [1.807, 2.05) is 20.2 Å². The lowest BCUT2D eigenvalue weighted by molar-refractivity contribution is 0.108. The van der Waals surface area contributed by atoms with Crippen LogP contribution < -0.4 is 10.6 Å². The Morgan fingerprint density at radius 1 is 1.53 bits per heavy atom. The zero-order valence-corrected chi connectivity index (χ0v) is 10.7. The van der Waals surface area contributed by atoms with Gasteiger partial charge in [0.2, 0.25) is 5.95 Å². The SMILES string of the molecule is CNc1ncc(C)c(NCC2CCOC2C)n1. The summed E-state index contributed by atoms with van der Waals surface area (Å²) in [6.07, 6.45) is 3.29. The maximum Gasteiger partial charge on any atom is 0.224 e. The van der Waals surface area contributed by atoms with E-state index in [2.05, 4.69) is 27.5 Å². The summed E-state index contributed by atoms with van der Waals surface area (Å²) in [6, 6.07) is 0. The normalized spacial score (nSPS) is 23.7. The predicted molar refractivity (Wildman–Crippen MR) is 68.3 cm³/mol. The van der Waals surface area contributed by atoms with E-state index in [0.717, 1.165) is 31.0 Å². The van der Waals surface area contributed by atoms with Crippen molar-refractivity contribution in [3.8, 4) is 0 Å². The monoisotopic (exact) mass is 236 g/mol. The number of ether oxygens (including phenoxy) is 1. The highest BCUT2D eigenvalue weighted by atomic mass is 16.5. The second-order valence-corrected chi connectivity index (χ2v) is 4.48. The fourth-order valence-corrected chi connectivity index (χ4v) is 2.01. The highest BCUT2D eigenvalue weighted by Gasteiger charge is 2.23. The molecule has 2 unspecified atom stereocenters. The zero-order chi connectivity index (χ0) is 12.3. The van der Waals surface area contributed by atoms with Crippen LogP contribution in [0.1, 0.15) is 18.9 Å². The van der Waals surface area contributed by atoms with E-state index >= 15 is 0 Å². The van der Waals surface area contributed by atoms with Crippen molar-refractivity contribution in [2.45, 2.75) is 26.4 Å². The molecule has 2 N–H and O–H groups in total. The van der Waals surface area contributed by atoms with Gasteiger partial charge >= 0.3 is 0 Å². The molecule has 1 aromatic rings.